The maximum atomic E-state index is 12.3. The molecule has 0 unspecified atom stereocenters. The lowest BCUT2D eigenvalue weighted by Crippen LogP contribution is -2.39. The maximum absolute atomic E-state index is 12.3. The minimum atomic E-state index is 0.319. The second-order valence-corrected chi connectivity index (χ2v) is 5.56. The Balaban J connectivity index is 1.82. The Morgan fingerprint density at radius 1 is 1.11 bits per heavy atom. The Kier molecular flexibility index (Phi) is 2.14. The van der Waals surface area contributed by atoms with E-state index in [2.05, 4.69) is 29.2 Å². The van der Waals surface area contributed by atoms with E-state index in [0.717, 1.165) is 31.4 Å². The van der Waals surface area contributed by atoms with Gasteiger partial charge in [0.25, 0.3) is 0 Å². The van der Waals surface area contributed by atoms with Crippen LogP contribution < -0.4 is 0 Å². The number of fused-ring (bicyclic) bond motifs is 4. The Hall–Kier alpha value is -1.57. The third-order valence-electron chi connectivity index (χ3n) is 4.66. The van der Waals surface area contributed by atoms with E-state index < -0.39 is 0 Å². The molecule has 92 valence electrons. The number of allylic oxidation sites excluding steroid dienone is 2. The molecule has 0 fully saturated rings. The smallest absolute Gasteiger partial charge is 0.162 e. The van der Waals surface area contributed by atoms with Crippen LogP contribution in [0.15, 0.2) is 35.5 Å². The predicted molar refractivity (Wildman–Crippen MR) is 70.1 cm³/mol. The van der Waals surface area contributed by atoms with Gasteiger partial charge < -0.3 is 4.90 Å². The lowest BCUT2D eigenvalue weighted by molar-refractivity contribution is -0.117. The molecule has 0 bridgehead atoms. The molecule has 18 heavy (non-hydrogen) atoms. The van der Waals surface area contributed by atoms with Gasteiger partial charge in [0.1, 0.15) is 0 Å². The largest absolute Gasteiger partial charge is 0.367 e. The van der Waals surface area contributed by atoms with Crippen LogP contribution in [0.1, 0.15) is 42.9 Å². The molecule has 2 heteroatoms. The van der Waals surface area contributed by atoms with Crippen LogP contribution in [0.4, 0.5) is 0 Å². The number of benzene rings is 1. The highest BCUT2D eigenvalue weighted by atomic mass is 16.1. The van der Waals surface area contributed by atoms with Gasteiger partial charge in [-0.15, -0.1) is 0 Å². The molecule has 2 heterocycles. The lowest BCUT2D eigenvalue weighted by atomic mass is 9.85. The summed E-state index contributed by atoms with van der Waals surface area (Å²) in [4.78, 5) is 14.8. The molecule has 2 aliphatic heterocycles. The summed E-state index contributed by atoms with van der Waals surface area (Å²) in [6.07, 6.45) is 5.10. The zero-order chi connectivity index (χ0) is 12.1. The van der Waals surface area contributed by atoms with E-state index in [0.29, 0.717) is 18.2 Å². The molecule has 1 aromatic carbocycles. The number of nitrogens with zero attached hydrogens (tertiary/aromatic N) is 1. The van der Waals surface area contributed by atoms with E-state index in [-0.39, 0.29) is 0 Å². The van der Waals surface area contributed by atoms with E-state index >= 15 is 0 Å². The summed E-state index contributed by atoms with van der Waals surface area (Å²) in [6, 6.07) is 8.96. The van der Waals surface area contributed by atoms with Gasteiger partial charge >= 0.3 is 0 Å². The van der Waals surface area contributed by atoms with Gasteiger partial charge in [-0.25, -0.2) is 0 Å². The van der Waals surface area contributed by atoms with Crippen LogP contribution in [0.2, 0.25) is 0 Å². The molecule has 2 nitrogen and oxygen atoms in total. The third-order valence-corrected chi connectivity index (χ3v) is 4.66. The van der Waals surface area contributed by atoms with Crippen molar-refractivity contribution in [2.24, 2.45) is 0 Å². The molecule has 0 amide bonds. The average molecular weight is 239 g/mol. The number of hydrogen-bond acceptors (Lipinski definition) is 2. The van der Waals surface area contributed by atoms with Gasteiger partial charge in [0.2, 0.25) is 0 Å². The van der Waals surface area contributed by atoms with Crippen molar-refractivity contribution in [3.05, 3.63) is 46.7 Å². The summed E-state index contributed by atoms with van der Waals surface area (Å²) in [5, 5.41) is 0. The summed E-state index contributed by atoms with van der Waals surface area (Å²) in [6.45, 7) is 1.09. The topological polar surface area (TPSA) is 20.3 Å². The fourth-order valence-corrected chi connectivity index (χ4v) is 3.84. The molecule has 1 aromatic rings. The van der Waals surface area contributed by atoms with Crippen molar-refractivity contribution in [3.63, 3.8) is 0 Å². The fraction of sp³-hybridized carbons (Fsp3) is 0.438. The first-order chi connectivity index (χ1) is 8.84. The van der Waals surface area contributed by atoms with Crippen molar-refractivity contribution in [2.45, 2.75) is 38.1 Å². The summed E-state index contributed by atoms with van der Waals surface area (Å²) >= 11 is 0. The third kappa shape index (κ3) is 1.32. The number of ketones is 1. The summed E-state index contributed by atoms with van der Waals surface area (Å²) in [5.41, 5.74) is 5.33. The monoisotopic (exact) mass is 239 g/mol. The minimum Gasteiger partial charge on any atom is -0.367 e. The molecule has 1 aliphatic carbocycles. The van der Waals surface area contributed by atoms with Gasteiger partial charge in [0.05, 0.1) is 6.04 Å². The Morgan fingerprint density at radius 3 is 2.94 bits per heavy atom. The van der Waals surface area contributed by atoms with Crippen LogP contribution >= 0.6 is 0 Å². The van der Waals surface area contributed by atoms with Crippen molar-refractivity contribution in [1.82, 2.24) is 4.90 Å². The minimum absolute atomic E-state index is 0.319. The number of carbonyl (C=O) groups is 1. The molecule has 3 aliphatic rings. The number of rotatable bonds is 0. The maximum Gasteiger partial charge on any atom is 0.162 e. The first-order valence-electron chi connectivity index (χ1n) is 6.94. The zero-order valence-corrected chi connectivity index (χ0v) is 10.5. The molecule has 1 atom stereocenters. The number of hydrogen-bond donors (Lipinski definition) is 0. The van der Waals surface area contributed by atoms with Gasteiger partial charge in [0, 0.05) is 24.2 Å². The Morgan fingerprint density at radius 2 is 2.00 bits per heavy atom. The second-order valence-electron chi connectivity index (χ2n) is 5.56. The highest BCUT2D eigenvalue weighted by Gasteiger charge is 2.38. The molecule has 0 spiro atoms. The molecule has 0 saturated heterocycles. The van der Waals surface area contributed by atoms with E-state index in [1.807, 2.05) is 0 Å². The first-order valence-corrected chi connectivity index (χ1v) is 6.94. The Labute approximate surface area is 107 Å². The number of carbonyl (C=O) groups excluding carboxylic acids is 1. The van der Waals surface area contributed by atoms with Gasteiger partial charge in [-0.05, 0) is 36.8 Å². The summed E-state index contributed by atoms with van der Waals surface area (Å²) in [7, 11) is 0. The molecule has 0 saturated carbocycles. The van der Waals surface area contributed by atoms with Crippen LogP contribution in [-0.2, 0) is 11.2 Å². The van der Waals surface area contributed by atoms with Crippen LogP contribution in [0, 0.1) is 0 Å². The van der Waals surface area contributed by atoms with Gasteiger partial charge in [-0.2, -0.15) is 0 Å². The normalized spacial score (nSPS) is 25.9. The van der Waals surface area contributed by atoms with Crippen molar-refractivity contribution in [1.29, 1.82) is 0 Å². The number of Topliss-reactive ketones (excluding diaryl/α,β-unsaturated/α-hetero) is 1. The molecule has 0 N–H and O–H groups in total. The quantitative estimate of drug-likeness (QED) is 0.693. The van der Waals surface area contributed by atoms with E-state index in [1.165, 1.54) is 23.2 Å². The Bertz CT molecular complexity index is 558. The van der Waals surface area contributed by atoms with E-state index in [9.17, 15) is 4.79 Å². The molecular weight excluding hydrogens is 222 g/mol. The molecule has 4 rings (SSSR count). The van der Waals surface area contributed by atoms with Crippen LogP contribution in [0.25, 0.3) is 0 Å². The fourth-order valence-electron chi connectivity index (χ4n) is 3.84. The van der Waals surface area contributed by atoms with Crippen molar-refractivity contribution < 1.29 is 4.79 Å². The van der Waals surface area contributed by atoms with Crippen molar-refractivity contribution in [3.8, 4) is 0 Å². The van der Waals surface area contributed by atoms with Crippen LogP contribution in [0.3, 0.4) is 0 Å². The summed E-state index contributed by atoms with van der Waals surface area (Å²) < 4.78 is 0. The van der Waals surface area contributed by atoms with Crippen LogP contribution in [0.5, 0.6) is 0 Å². The average Bonchev–Trinajstić information content (AvgIpc) is 2.89. The second kappa shape index (κ2) is 3.71. The molecule has 0 radical (unpaired) electrons. The zero-order valence-electron chi connectivity index (χ0n) is 10.5. The van der Waals surface area contributed by atoms with E-state index in [1.54, 1.807) is 0 Å². The highest BCUT2D eigenvalue weighted by Crippen LogP contribution is 2.44. The van der Waals surface area contributed by atoms with Gasteiger partial charge in [-0.3, -0.25) is 4.79 Å². The standard InChI is InChI=1S/C16H17NO/c18-16-10-15-12-5-2-1-4-11(12)8-9-17(15)14-7-3-6-13(14)16/h1-2,4-5,15H,3,6-10H2/t15-/m0/s1. The predicted octanol–water partition coefficient (Wildman–Crippen LogP) is 3.00. The van der Waals surface area contributed by atoms with Crippen molar-refractivity contribution in [2.75, 3.05) is 6.54 Å². The molecule has 0 aromatic heterocycles. The lowest BCUT2D eigenvalue weighted by Gasteiger charge is -2.42. The first kappa shape index (κ1) is 10.4. The van der Waals surface area contributed by atoms with Gasteiger partial charge in [-0.1, -0.05) is 24.3 Å². The highest BCUT2D eigenvalue weighted by molar-refractivity contribution is 5.98. The SMILES string of the molecule is O=C1C[C@H]2c3ccccc3CCN2C2=C1CCC2. The van der Waals surface area contributed by atoms with E-state index in [4.69, 9.17) is 0 Å². The molecular formula is C16H17NO. The summed E-state index contributed by atoms with van der Waals surface area (Å²) in [5.74, 6) is 0.403. The van der Waals surface area contributed by atoms with Crippen LogP contribution in [-0.4, -0.2) is 17.2 Å². The van der Waals surface area contributed by atoms with Gasteiger partial charge in [0.15, 0.2) is 5.78 Å². The van der Waals surface area contributed by atoms with Crippen molar-refractivity contribution >= 4 is 5.78 Å².